The summed E-state index contributed by atoms with van der Waals surface area (Å²) in [5, 5.41) is 0. The minimum Gasteiger partial charge on any atom is -0.292 e. The third kappa shape index (κ3) is 3.61. The molecule has 1 rings (SSSR count). The van der Waals surface area contributed by atoms with Crippen LogP contribution in [0.1, 0.15) is 25.8 Å². The van der Waals surface area contributed by atoms with E-state index in [9.17, 15) is 4.79 Å². The molecule has 0 aliphatic carbocycles. The molecule has 0 radical (unpaired) electrons. The van der Waals surface area contributed by atoms with Gasteiger partial charge in [-0.3, -0.25) is 10.2 Å². The third-order valence-electron chi connectivity index (χ3n) is 2.47. The average Bonchev–Trinajstić information content (AvgIpc) is 2.17. The van der Waals surface area contributed by atoms with Gasteiger partial charge in [-0.05, 0) is 23.1 Å². The predicted octanol–water partition coefficient (Wildman–Crippen LogP) is 2.37. The predicted molar refractivity (Wildman–Crippen MR) is 69.0 cm³/mol. The Morgan fingerprint density at radius 3 is 2.69 bits per heavy atom. The highest BCUT2D eigenvalue weighted by molar-refractivity contribution is 9.10. The Labute approximate surface area is 105 Å². The smallest absolute Gasteiger partial charge is 0.234 e. The lowest BCUT2D eigenvalue weighted by Gasteiger charge is -2.24. The first-order chi connectivity index (χ1) is 7.45. The van der Waals surface area contributed by atoms with Gasteiger partial charge in [0.1, 0.15) is 0 Å². The van der Waals surface area contributed by atoms with E-state index in [0.29, 0.717) is 6.42 Å². The number of benzene rings is 1. The van der Waals surface area contributed by atoms with Crippen LogP contribution in [0.3, 0.4) is 0 Å². The molecule has 0 aliphatic rings. The van der Waals surface area contributed by atoms with Gasteiger partial charge in [-0.1, -0.05) is 41.9 Å². The van der Waals surface area contributed by atoms with Crippen LogP contribution in [-0.2, 0) is 10.2 Å². The van der Waals surface area contributed by atoms with Gasteiger partial charge >= 0.3 is 0 Å². The summed E-state index contributed by atoms with van der Waals surface area (Å²) < 4.78 is 1.03. The Kier molecular flexibility index (Phi) is 4.50. The number of rotatable bonds is 4. The molecular weight excluding hydrogens is 268 g/mol. The van der Waals surface area contributed by atoms with Crippen LogP contribution in [0.2, 0.25) is 0 Å². The fraction of sp³-hybridized carbons (Fsp3) is 0.417. The summed E-state index contributed by atoms with van der Waals surface area (Å²) in [4.78, 5) is 11.5. The lowest BCUT2D eigenvalue weighted by molar-refractivity contribution is -0.122. The fourth-order valence-electron chi connectivity index (χ4n) is 1.60. The molecule has 16 heavy (non-hydrogen) atoms. The summed E-state index contributed by atoms with van der Waals surface area (Å²) in [5.41, 5.74) is 6.20. The van der Waals surface area contributed by atoms with Crippen molar-refractivity contribution in [2.24, 2.45) is 0 Å². The van der Waals surface area contributed by atoms with E-state index >= 15 is 0 Å². The third-order valence-corrected chi connectivity index (χ3v) is 2.97. The molecule has 0 aliphatic heterocycles. The lowest BCUT2D eigenvalue weighted by atomic mass is 9.81. The molecule has 1 aromatic rings. The van der Waals surface area contributed by atoms with Crippen molar-refractivity contribution in [3.8, 4) is 0 Å². The van der Waals surface area contributed by atoms with Gasteiger partial charge < -0.3 is 0 Å². The number of carbonyl (C=O) groups excluding carboxylic acids is 1. The van der Waals surface area contributed by atoms with E-state index in [2.05, 4.69) is 40.6 Å². The number of hydrazine groups is 1. The van der Waals surface area contributed by atoms with Gasteiger partial charge in [-0.2, -0.15) is 0 Å². The molecule has 0 fully saturated rings. The molecule has 1 amide bonds. The Bertz CT molecular complexity index is 377. The zero-order chi connectivity index (χ0) is 12.2. The number of halogens is 1. The minimum absolute atomic E-state index is 0.00697. The quantitative estimate of drug-likeness (QED) is 0.834. The molecule has 0 bridgehead atoms. The maximum absolute atomic E-state index is 11.5. The Morgan fingerprint density at radius 1 is 1.44 bits per heavy atom. The Balaban J connectivity index is 2.81. The second-order valence-corrected chi connectivity index (χ2v) is 5.28. The average molecular weight is 285 g/mol. The first kappa shape index (κ1) is 13.2. The molecule has 3 nitrogen and oxygen atoms in total. The van der Waals surface area contributed by atoms with Crippen molar-refractivity contribution in [3.05, 3.63) is 34.3 Å². The number of carbonyl (C=O) groups is 1. The van der Waals surface area contributed by atoms with Gasteiger partial charge in [-0.25, -0.2) is 5.43 Å². The van der Waals surface area contributed by atoms with E-state index in [1.807, 2.05) is 24.3 Å². The zero-order valence-electron chi connectivity index (χ0n) is 9.80. The summed E-state index contributed by atoms with van der Waals surface area (Å²) in [6.45, 7) is 4.12. The summed E-state index contributed by atoms with van der Waals surface area (Å²) in [7, 11) is 1.68. The van der Waals surface area contributed by atoms with Gasteiger partial charge in [0.05, 0.1) is 0 Å². The second kappa shape index (κ2) is 5.46. The number of amides is 1. The summed E-state index contributed by atoms with van der Waals surface area (Å²) in [6, 6.07) is 8.05. The molecule has 2 N–H and O–H groups in total. The SMILES string of the molecule is CNNC(=O)CC(C)(C)c1cccc(Br)c1. The van der Waals surface area contributed by atoms with E-state index in [1.165, 1.54) is 0 Å². The molecule has 0 atom stereocenters. The summed E-state index contributed by atoms with van der Waals surface area (Å²) >= 11 is 3.44. The standard InChI is InChI=1S/C12H17BrN2O/c1-12(2,8-11(16)15-14-3)9-5-4-6-10(13)7-9/h4-7,14H,8H2,1-3H3,(H,15,16). The van der Waals surface area contributed by atoms with E-state index < -0.39 is 0 Å². The van der Waals surface area contributed by atoms with Gasteiger partial charge in [0.2, 0.25) is 5.91 Å². The first-order valence-electron chi connectivity index (χ1n) is 5.17. The molecule has 0 aromatic heterocycles. The van der Waals surface area contributed by atoms with Crippen LogP contribution < -0.4 is 10.9 Å². The van der Waals surface area contributed by atoms with Crippen LogP contribution >= 0.6 is 15.9 Å². The topological polar surface area (TPSA) is 41.1 Å². The van der Waals surface area contributed by atoms with Crippen molar-refractivity contribution in [2.45, 2.75) is 25.7 Å². The number of hydrogen-bond acceptors (Lipinski definition) is 2. The highest BCUT2D eigenvalue weighted by atomic mass is 79.9. The molecule has 0 unspecified atom stereocenters. The molecule has 0 saturated carbocycles. The van der Waals surface area contributed by atoms with E-state index in [0.717, 1.165) is 10.0 Å². The van der Waals surface area contributed by atoms with Gasteiger partial charge in [0.25, 0.3) is 0 Å². The summed E-state index contributed by atoms with van der Waals surface area (Å²) in [5.74, 6) is -0.00697. The van der Waals surface area contributed by atoms with E-state index in [4.69, 9.17) is 0 Å². The maximum atomic E-state index is 11.5. The van der Waals surface area contributed by atoms with Crippen molar-refractivity contribution >= 4 is 21.8 Å². The Morgan fingerprint density at radius 2 is 2.12 bits per heavy atom. The normalized spacial score (nSPS) is 11.2. The minimum atomic E-state index is -0.176. The highest BCUT2D eigenvalue weighted by Crippen LogP contribution is 2.28. The van der Waals surface area contributed by atoms with Gasteiger partial charge in [0.15, 0.2) is 0 Å². The van der Waals surface area contributed by atoms with Crippen LogP contribution in [0.25, 0.3) is 0 Å². The van der Waals surface area contributed by atoms with Crippen LogP contribution in [0, 0.1) is 0 Å². The summed E-state index contributed by atoms with van der Waals surface area (Å²) in [6.07, 6.45) is 0.449. The van der Waals surface area contributed by atoms with Gasteiger partial charge in [0, 0.05) is 17.9 Å². The fourth-order valence-corrected chi connectivity index (χ4v) is 2.00. The second-order valence-electron chi connectivity index (χ2n) is 4.37. The van der Waals surface area contributed by atoms with Gasteiger partial charge in [-0.15, -0.1) is 0 Å². The molecule has 0 spiro atoms. The molecule has 88 valence electrons. The van der Waals surface area contributed by atoms with Crippen molar-refractivity contribution in [1.82, 2.24) is 10.9 Å². The lowest BCUT2D eigenvalue weighted by Crippen LogP contribution is -2.37. The van der Waals surface area contributed by atoms with Crippen molar-refractivity contribution in [2.75, 3.05) is 7.05 Å². The van der Waals surface area contributed by atoms with Crippen LogP contribution in [0.15, 0.2) is 28.7 Å². The van der Waals surface area contributed by atoms with Crippen LogP contribution in [-0.4, -0.2) is 13.0 Å². The molecular formula is C12H17BrN2O. The van der Waals surface area contributed by atoms with Crippen molar-refractivity contribution in [3.63, 3.8) is 0 Å². The van der Waals surface area contributed by atoms with Crippen molar-refractivity contribution in [1.29, 1.82) is 0 Å². The first-order valence-corrected chi connectivity index (χ1v) is 5.96. The monoisotopic (exact) mass is 284 g/mol. The van der Waals surface area contributed by atoms with Crippen LogP contribution in [0.5, 0.6) is 0 Å². The van der Waals surface area contributed by atoms with Crippen molar-refractivity contribution < 1.29 is 4.79 Å². The largest absolute Gasteiger partial charge is 0.292 e. The molecule has 0 saturated heterocycles. The van der Waals surface area contributed by atoms with E-state index in [-0.39, 0.29) is 11.3 Å². The van der Waals surface area contributed by atoms with E-state index in [1.54, 1.807) is 7.05 Å². The Hall–Kier alpha value is -0.870. The molecule has 4 heteroatoms. The molecule has 1 aromatic carbocycles. The number of nitrogens with one attached hydrogen (secondary N) is 2. The maximum Gasteiger partial charge on any atom is 0.234 e. The molecule has 0 heterocycles. The zero-order valence-corrected chi connectivity index (χ0v) is 11.4. The highest BCUT2D eigenvalue weighted by Gasteiger charge is 2.24. The van der Waals surface area contributed by atoms with Crippen LogP contribution in [0.4, 0.5) is 0 Å². The number of hydrogen-bond donors (Lipinski definition) is 2.